The highest BCUT2D eigenvalue weighted by Crippen LogP contribution is 2.18. The maximum Gasteiger partial charge on any atom is 0.250 e. The number of nitrogens with one attached hydrogen (secondary N) is 1. The molecule has 2 unspecified atom stereocenters. The Morgan fingerprint density at radius 2 is 2.04 bits per heavy atom. The zero-order chi connectivity index (χ0) is 19.3. The SMILES string of the molecule is NC(=O)c1cncc([PH](=O)c2ncc[nH]2)c1.OC[C@H]1OC(O)[C@H](O)[C@@H]1O. The summed E-state index contributed by atoms with van der Waals surface area (Å²) in [5.41, 5.74) is 5.73. The van der Waals surface area contributed by atoms with Crippen LogP contribution in [0.5, 0.6) is 0 Å². The first-order valence-corrected chi connectivity index (χ1v) is 8.85. The van der Waals surface area contributed by atoms with Gasteiger partial charge in [-0.2, -0.15) is 0 Å². The van der Waals surface area contributed by atoms with Gasteiger partial charge in [-0.25, -0.2) is 4.98 Å². The number of imidazole rings is 1. The second kappa shape index (κ2) is 8.99. The van der Waals surface area contributed by atoms with Crippen molar-refractivity contribution in [2.24, 2.45) is 5.73 Å². The second-order valence-corrected chi connectivity index (χ2v) is 7.03. The Bertz CT molecular complexity index is 758. The highest BCUT2D eigenvalue weighted by atomic mass is 31.1. The van der Waals surface area contributed by atoms with Crippen LogP contribution >= 0.6 is 7.80 Å². The van der Waals surface area contributed by atoms with Gasteiger partial charge in [0, 0.05) is 30.1 Å². The number of aromatic amines is 1. The molecule has 5 atom stereocenters. The number of carbonyl (C=O) groups is 1. The molecule has 1 saturated heterocycles. The van der Waals surface area contributed by atoms with Gasteiger partial charge in [0.15, 0.2) is 19.7 Å². The highest BCUT2D eigenvalue weighted by molar-refractivity contribution is 7.60. The lowest BCUT2D eigenvalue weighted by Crippen LogP contribution is -2.33. The van der Waals surface area contributed by atoms with E-state index in [0.717, 1.165) is 0 Å². The van der Waals surface area contributed by atoms with E-state index in [-0.39, 0.29) is 5.56 Å². The maximum atomic E-state index is 12.0. The number of aliphatic hydroxyl groups excluding tert-OH is 4. The van der Waals surface area contributed by atoms with E-state index in [1.807, 2.05) is 0 Å². The largest absolute Gasteiger partial charge is 0.394 e. The number of hydrogen-bond acceptors (Lipinski definition) is 9. The number of rotatable bonds is 4. The summed E-state index contributed by atoms with van der Waals surface area (Å²) in [5.74, 6) is -0.594. The average molecular weight is 386 g/mol. The number of pyridine rings is 1. The normalized spacial score (nSPS) is 26.0. The minimum Gasteiger partial charge on any atom is -0.394 e. The highest BCUT2D eigenvalue weighted by Gasteiger charge is 2.41. The lowest BCUT2D eigenvalue weighted by molar-refractivity contribution is -0.132. The van der Waals surface area contributed by atoms with Crippen LogP contribution in [0.4, 0.5) is 0 Å². The molecule has 0 spiro atoms. The van der Waals surface area contributed by atoms with Crippen molar-refractivity contribution in [2.75, 3.05) is 6.61 Å². The molecule has 1 fully saturated rings. The Kier molecular flexibility index (Phi) is 6.98. The Hall–Kier alpha value is -2.14. The minimum atomic E-state index is -2.24. The smallest absolute Gasteiger partial charge is 0.250 e. The number of aliphatic hydroxyl groups is 4. The van der Waals surface area contributed by atoms with Gasteiger partial charge >= 0.3 is 0 Å². The number of amides is 1. The number of aromatic nitrogens is 3. The average Bonchev–Trinajstić information content (AvgIpc) is 3.26. The van der Waals surface area contributed by atoms with Gasteiger partial charge in [0.2, 0.25) is 5.91 Å². The van der Waals surface area contributed by atoms with Crippen LogP contribution in [0.15, 0.2) is 30.9 Å². The summed E-state index contributed by atoms with van der Waals surface area (Å²) < 4.78 is 16.5. The predicted octanol–water partition coefficient (Wildman–Crippen LogP) is -3.17. The van der Waals surface area contributed by atoms with E-state index in [2.05, 4.69) is 19.7 Å². The van der Waals surface area contributed by atoms with E-state index >= 15 is 0 Å². The molecule has 0 aliphatic carbocycles. The summed E-state index contributed by atoms with van der Waals surface area (Å²) in [4.78, 5) is 21.4. The number of hydrogen-bond donors (Lipinski definition) is 6. The van der Waals surface area contributed by atoms with Gasteiger partial charge in [0.05, 0.1) is 12.2 Å². The summed E-state index contributed by atoms with van der Waals surface area (Å²) in [6.07, 6.45) is 1.13. The summed E-state index contributed by atoms with van der Waals surface area (Å²) in [6.45, 7) is -0.407. The Morgan fingerprint density at radius 1 is 1.31 bits per heavy atom. The Balaban J connectivity index is 0.000000209. The van der Waals surface area contributed by atoms with E-state index in [0.29, 0.717) is 10.9 Å². The van der Waals surface area contributed by atoms with Gasteiger partial charge in [0.25, 0.3) is 0 Å². The van der Waals surface area contributed by atoms with E-state index in [1.165, 1.54) is 24.7 Å². The molecule has 11 nitrogen and oxygen atoms in total. The predicted molar refractivity (Wildman–Crippen MR) is 89.6 cm³/mol. The molecule has 0 saturated carbocycles. The third-order valence-corrected chi connectivity index (χ3v) is 5.02. The second-order valence-electron chi connectivity index (χ2n) is 5.32. The molecule has 3 heterocycles. The summed E-state index contributed by atoms with van der Waals surface area (Å²) in [5, 5.41) is 35.4. The monoisotopic (exact) mass is 386 g/mol. The summed E-state index contributed by atoms with van der Waals surface area (Å²) in [6, 6.07) is 1.47. The molecule has 0 aromatic carbocycles. The fourth-order valence-corrected chi connectivity index (χ4v) is 3.26. The van der Waals surface area contributed by atoms with E-state index in [9.17, 15) is 9.36 Å². The molecule has 2 aromatic heterocycles. The van der Waals surface area contributed by atoms with Gasteiger partial charge in [-0.3, -0.25) is 9.78 Å². The zero-order valence-electron chi connectivity index (χ0n) is 13.4. The first kappa shape index (κ1) is 20.2. The number of carbonyl (C=O) groups excluding carboxylic acids is 1. The van der Waals surface area contributed by atoms with Crippen LogP contribution < -0.4 is 16.6 Å². The first-order chi connectivity index (χ1) is 12.3. The van der Waals surface area contributed by atoms with Crippen molar-refractivity contribution in [3.8, 4) is 0 Å². The number of ether oxygens (including phenoxy) is 1. The van der Waals surface area contributed by atoms with E-state index in [1.54, 1.807) is 6.20 Å². The van der Waals surface area contributed by atoms with E-state index in [4.69, 9.17) is 26.2 Å². The number of nitrogens with zero attached hydrogens (tertiary/aromatic N) is 2. The van der Waals surface area contributed by atoms with Crippen molar-refractivity contribution < 1.29 is 34.5 Å². The third-order valence-electron chi connectivity index (χ3n) is 3.52. The topological polar surface area (TPSA) is 192 Å². The van der Waals surface area contributed by atoms with Crippen LogP contribution in [-0.2, 0) is 9.30 Å². The zero-order valence-corrected chi connectivity index (χ0v) is 14.4. The fraction of sp³-hybridized carbons (Fsp3) is 0.357. The molecule has 0 bridgehead atoms. The minimum absolute atomic E-state index is 0.238. The molecule has 7 N–H and O–H groups in total. The van der Waals surface area contributed by atoms with Gasteiger partial charge in [-0.05, 0) is 6.07 Å². The molecule has 0 radical (unpaired) electrons. The lowest BCUT2D eigenvalue weighted by atomic mass is 10.1. The number of H-pyrrole nitrogens is 1. The molecular formula is C14H19N4O7P. The van der Waals surface area contributed by atoms with Crippen molar-refractivity contribution in [1.82, 2.24) is 15.0 Å². The van der Waals surface area contributed by atoms with Crippen LogP contribution in [0.1, 0.15) is 10.4 Å². The quantitative estimate of drug-likeness (QED) is 0.294. The van der Waals surface area contributed by atoms with Gasteiger partial charge < -0.3 is 40.4 Å². The molecule has 12 heteroatoms. The van der Waals surface area contributed by atoms with Crippen molar-refractivity contribution >= 4 is 24.6 Å². The molecular weight excluding hydrogens is 367 g/mol. The van der Waals surface area contributed by atoms with Crippen LogP contribution in [-0.4, -0.2) is 72.5 Å². The molecule has 1 aliphatic heterocycles. The van der Waals surface area contributed by atoms with Crippen LogP contribution in [0, 0.1) is 0 Å². The number of nitrogens with two attached hydrogens (primary N) is 1. The molecule has 2 aromatic rings. The van der Waals surface area contributed by atoms with Gasteiger partial charge in [-0.15, -0.1) is 0 Å². The van der Waals surface area contributed by atoms with Crippen molar-refractivity contribution in [2.45, 2.75) is 24.6 Å². The Labute approximate surface area is 148 Å². The molecule has 1 aliphatic rings. The van der Waals surface area contributed by atoms with Gasteiger partial charge in [0.1, 0.15) is 18.3 Å². The Morgan fingerprint density at radius 3 is 2.50 bits per heavy atom. The van der Waals surface area contributed by atoms with Crippen molar-refractivity contribution in [1.29, 1.82) is 0 Å². The maximum absolute atomic E-state index is 12.0. The first-order valence-electron chi connectivity index (χ1n) is 7.44. The lowest BCUT2D eigenvalue weighted by Gasteiger charge is -2.09. The van der Waals surface area contributed by atoms with Crippen molar-refractivity contribution in [3.63, 3.8) is 0 Å². The molecule has 142 valence electrons. The van der Waals surface area contributed by atoms with Gasteiger partial charge in [-0.1, -0.05) is 0 Å². The van der Waals surface area contributed by atoms with Crippen LogP contribution in [0.3, 0.4) is 0 Å². The van der Waals surface area contributed by atoms with E-state index < -0.39 is 44.9 Å². The number of primary amides is 1. The van der Waals surface area contributed by atoms with Crippen LogP contribution in [0.25, 0.3) is 0 Å². The molecule has 3 rings (SSSR count). The fourth-order valence-electron chi connectivity index (χ4n) is 2.10. The van der Waals surface area contributed by atoms with Crippen LogP contribution in [0.2, 0.25) is 0 Å². The third kappa shape index (κ3) is 4.73. The molecule has 26 heavy (non-hydrogen) atoms. The standard InChI is InChI=1S/C9H9N4O2P.C5H10O5/c10-8(14)6-3-7(5-11-4-6)16(15)9-12-1-2-13-9;6-1-2-3(7)4(8)5(9)10-2/h1-5,16H,(H2,10,14)(H,12,13);2-9H,1H2/t;2-,3-,4-,5?/m.1/s1. The molecule has 1 amide bonds. The van der Waals surface area contributed by atoms with Crippen molar-refractivity contribution in [3.05, 3.63) is 36.4 Å². The summed E-state index contributed by atoms with van der Waals surface area (Å²) >= 11 is 0. The summed E-state index contributed by atoms with van der Waals surface area (Å²) in [7, 11) is -2.24.